The summed E-state index contributed by atoms with van der Waals surface area (Å²) in [7, 11) is 1.82. The number of nitrogens with zero attached hydrogens (tertiary/aromatic N) is 3. The predicted octanol–water partition coefficient (Wildman–Crippen LogP) is 4.85. The molecule has 0 radical (unpaired) electrons. The minimum Gasteiger partial charge on any atom is -0.357 e. The van der Waals surface area contributed by atoms with Gasteiger partial charge in [-0.05, 0) is 25.1 Å². The molecule has 124 valence electrons. The third-order valence-corrected chi connectivity index (χ3v) is 4.74. The molecule has 5 nitrogen and oxygen atoms in total. The molecule has 4 rings (SSSR count). The van der Waals surface area contributed by atoms with Crippen LogP contribution >= 0.6 is 11.3 Å². The molecule has 2 N–H and O–H groups in total. The summed E-state index contributed by atoms with van der Waals surface area (Å²) in [6.07, 6.45) is 0. The first kappa shape index (κ1) is 15.5. The molecule has 0 spiro atoms. The Morgan fingerprint density at radius 1 is 0.920 bits per heavy atom. The van der Waals surface area contributed by atoms with Crippen LogP contribution in [0.25, 0.3) is 21.5 Å². The molecule has 4 aromatic rings. The van der Waals surface area contributed by atoms with Gasteiger partial charge in [-0.2, -0.15) is 4.98 Å². The number of anilines is 3. The fourth-order valence-electron chi connectivity index (χ4n) is 2.65. The SMILES string of the molecule is CNc1nc(Nc2ccc3sc(C)nc3c2)cc(-c2ccccc2)n1. The summed E-state index contributed by atoms with van der Waals surface area (Å²) in [6, 6.07) is 18.2. The molecule has 0 aliphatic heterocycles. The lowest BCUT2D eigenvalue weighted by Gasteiger charge is -2.10. The van der Waals surface area contributed by atoms with Crippen LogP contribution < -0.4 is 10.6 Å². The van der Waals surface area contributed by atoms with Crippen LogP contribution in [0, 0.1) is 6.92 Å². The molecule has 6 heteroatoms. The maximum Gasteiger partial charge on any atom is 0.224 e. The van der Waals surface area contributed by atoms with E-state index < -0.39 is 0 Å². The number of hydrogen-bond donors (Lipinski definition) is 2. The number of thiazole rings is 1. The average Bonchev–Trinajstić information content (AvgIpc) is 3.01. The summed E-state index contributed by atoms with van der Waals surface area (Å²) in [5.41, 5.74) is 3.87. The Labute approximate surface area is 149 Å². The minimum absolute atomic E-state index is 0.578. The lowest BCUT2D eigenvalue weighted by molar-refractivity contribution is 1.15. The third-order valence-electron chi connectivity index (χ3n) is 3.79. The second-order valence-corrected chi connectivity index (χ2v) is 6.85. The molecule has 0 amide bonds. The maximum absolute atomic E-state index is 4.55. The largest absolute Gasteiger partial charge is 0.357 e. The van der Waals surface area contributed by atoms with Gasteiger partial charge < -0.3 is 10.6 Å². The summed E-state index contributed by atoms with van der Waals surface area (Å²) in [5.74, 6) is 1.32. The van der Waals surface area contributed by atoms with Crippen LogP contribution in [0.4, 0.5) is 17.5 Å². The highest BCUT2D eigenvalue weighted by Gasteiger charge is 2.07. The van der Waals surface area contributed by atoms with E-state index in [0.717, 1.165) is 33.3 Å². The van der Waals surface area contributed by atoms with E-state index in [1.807, 2.05) is 62.5 Å². The molecule has 0 bridgehead atoms. The van der Waals surface area contributed by atoms with Crippen molar-refractivity contribution in [1.29, 1.82) is 0 Å². The number of aryl methyl sites for hydroxylation is 1. The number of fused-ring (bicyclic) bond motifs is 1. The average molecular weight is 347 g/mol. The van der Waals surface area contributed by atoms with Crippen molar-refractivity contribution >= 4 is 39.0 Å². The highest BCUT2D eigenvalue weighted by molar-refractivity contribution is 7.18. The molecule has 25 heavy (non-hydrogen) atoms. The van der Waals surface area contributed by atoms with E-state index in [0.29, 0.717) is 5.95 Å². The molecule has 0 saturated carbocycles. The van der Waals surface area contributed by atoms with Crippen molar-refractivity contribution in [2.45, 2.75) is 6.92 Å². The van der Waals surface area contributed by atoms with Crippen LogP contribution in [0.3, 0.4) is 0 Å². The summed E-state index contributed by atoms with van der Waals surface area (Å²) in [6.45, 7) is 2.02. The Bertz CT molecular complexity index is 1030. The standard InChI is InChI=1S/C19H17N5S/c1-12-21-16-10-14(8-9-17(16)25-12)22-18-11-15(23-19(20-2)24-18)13-6-4-3-5-7-13/h3-11H,1-2H3,(H2,20,22,23,24). The number of hydrogen-bond acceptors (Lipinski definition) is 6. The van der Waals surface area contributed by atoms with Gasteiger partial charge in [0.1, 0.15) is 5.82 Å². The number of aromatic nitrogens is 3. The van der Waals surface area contributed by atoms with Gasteiger partial charge in [0.2, 0.25) is 5.95 Å². The van der Waals surface area contributed by atoms with Crippen LogP contribution in [0.2, 0.25) is 0 Å². The van der Waals surface area contributed by atoms with Gasteiger partial charge in [0.05, 0.1) is 20.9 Å². The van der Waals surface area contributed by atoms with Crippen LogP contribution in [-0.4, -0.2) is 22.0 Å². The molecule has 2 heterocycles. The Hall–Kier alpha value is -2.99. The highest BCUT2D eigenvalue weighted by atomic mass is 32.1. The number of benzene rings is 2. The Morgan fingerprint density at radius 3 is 2.56 bits per heavy atom. The Morgan fingerprint density at radius 2 is 1.76 bits per heavy atom. The normalized spacial score (nSPS) is 10.8. The molecular formula is C19H17N5S. The monoisotopic (exact) mass is 347 g/mol. The smallest absolute Gasteiger partial charge is 0.224 e. The zero-order valence-corrected chi connectivity index (χ0v) is 14.8. The van der Waals surface area contributed by atoms with Crippen molar-refractivity contribution in [3.05, 3.63) is 59.6 Å². The van der Waals surface area contributed by atoms with E-state index in [2.05, 4.69) is 31.7 Å². The second-order valence-electron chi connectivity index (χ2n) is 5.62. The molecule has 2 aromatic heterocycles. The molecule has 0 atom stereocenters. The fraction of sp³-hybridized carbons (Fsp3) is 0.105. The van der Waals surface area contributed by atoms with Crippen molar-refractivity contribution in [2.75, 3.05) is 17.7 Å². The van der Waals surface area contributed by atoms with E-state index in [4.69, 9.17) is 0 Å². The number of nitrogens with one attached hydrogen (secondary N) is 2. The highest BCUT2D eigenvalue weighted by Crippen LogP contribution is 2.27. The molecule has 0 saturated heterocycles. The summed E-state index contributed by atoms with van der Waals surface area (Å²) < 4.78 is 1.19. The van der Waals surface area contributed by atoms with Crippen LogP contribution in [0.5, 0.6) is 0 Å². The van der Waals surface area contributed by atoms with Crippen molar-refractivity contribution in [1.82, 2.24) is 15.0 Å². The molecule has 0 aliphatic rings. The van der Waals surface area contributed by atoms with Crippen molar-refractivity contribution < 1.29 is 0 Å². The van der Waals surface area contributed by atoms with E-state index in [9.17, 15) is 0 Å². The molecule has 0 fully saturated rings. The zero-order chi connectivity index (χ0) is 17.2. The number of rotatable bonds is 4. The van der Waals surface area contributed by atoms with E-state index in [1.54, 1.807) is 11.3 Å². The topological polar surface area (TPSA) is 62.7 Å². The van der Waals surface area contributed by atoms with Gasteiger partial charge in [-0.25, -0.2) is 9.97 Å². The van der Waals surface area contributed by atoms with Gasteiger partial charge in [0, 0.05) is 24.4 Å². The summed E-state index contributed by atoms with van der Waals surface area (Å²) >= 11 is 1.70. The van der Waals surface area contributed by atoms with Gasteiger partial charge >= 0.3 is 0 Å². The Kier molecular flexibility index (Phi) is 4.03. The molecule has 0 unspecified atom stereocenters. The zero-order valence-electron chi connectivity index (χ0n) is 13.9. The van der Waals surface area contributed by atoms with Gasteiger partial charge in [-0.15, -0.1) is 11.3 Å². The van der Waals surface area contributed by atoms with E-state index in [-0.39, 0.29) is 0 Å². The minimum atomic E-state index is 0.578. The summed E-state index contributed by atoms with van der Waals surface area (Å²) in [5, 5.41) is 7.45. The van der Waals surface area contributed by atoms with Crippen molar-refractivity contribution in [3.8, 4) is 11.3 Å². The quantitative estimate of drug-likeness (QED) is 0.553. The second kappa shape index (κ2) is 6.49. The van der Waals surface area contributed by atoms with Gasteiger partial charge in [0.25, 0.3) is 0 Å². The maximum atomic E-state index is 4.55. The first-order chi connectivity index (χ1) is 12.2. The van der Waals surface area contributed by atoms with E-state index >= 15 is 0 Å². The Balaban J connectivity index is 1.71. The van der Waals surface area contributed by atoms with Gasteiger partial charge in [0.15, 0.2) is 0 Å². The van der Waals surface area contributed by atoms with Gasteiger partial charge in [-0.3, -0.25) is 0 Å². The van der Waals surface area contributed by atoms with Crippen molar-refractivity contribution in [2.24, 2.45) is 0 Å². The lowest BCUT2D eigenvalue weighted by atomic mass is 10.1. The van der Waals surface area contributed by atoms with Crippen LogP contribution in [0.15, 0.2) is 54.6 Å². The fourth-order valence-corrected chi connectivity index (χ4v) is 3.46. The predicted molar refractivity (Wildman–Crippen MR) is 105 cm³/mol. The molecule has 0 aliphatic carbocycles. The van der Waals surface area contributed by atoms with Crippen LogP contribution in [0.1, 0.15) is 5.01 Å². The van der Waals surface area contributed by atoms with Crippen LogP contribution in [-0.2, 0) is 0 Å². The molecular weight excluding hydrogens is 330 g/mol. The van der Waals surface area contributed by atoms with Gasteiger partial charge in [-0.1, -0.05) is 30.3 Å². The van der Waals surface area contributed by atoms with Crippen molar-refractivity contribution in [3.63, 3.8) is 0 Å². The third kappa shape index (κ3) is 3.29. The molecule has 2 aromatic carbocycles. The summed E-state index contributed by atoms with van der Waals surface area (Å²) in [4.78, 5) is 13.6. The lowest BCUT2D eigenvalue weighted by Crippen LogP contribution is -2.02. The first-order valence-corrected chi connectivity index (χ1v) is 8.79. The van der Waals surface area contributed by atoms with E-state index in [1.165, 1.54) is 4.70 Å². The first-order valence-electron chi connectivity index (χ1n) is 7.98.